The van der Waals surface area contributed by atoms with Crippen LogP contribution in [0.4, 0.5) is 0 Å². The standard InChI is InChI=1S/C10H12BrN3OS/c1-2-3-14-5-12-4-7(14)8(15)9-10(11)13-6-16-9/h4-6,8,15H,2-3H2,1H3. The number of hydrogen-bond donors (Lipinski definition) is 1. The summed E-state index contributed by atoms with van der Waals surface area (Å²) >= 11 is 4.76. The van der Waals surface area contributed by atoms with Crippen LogP contribution in [0, 0.1) is 0 Å². The molecule has 0 amide bonds. The molecule has 0 spiro atoms. The third kappa shape index (κ3) is 2.18. The van der Waals surface area contributed by atoms with Crippen molar-refractivity contribution in [2.24, 2.45) is 0 Å². The highest BCUT2D eigenvalue weighted by Gasteiger charge is 2.19. The highest BCUT2D eigenvalue weighted by Crippen LogP contribution is 2.30. The van der Waals surface area contributed by atoms with Crippen LogP contribution in [0.25, 0.3) is 0 Å². The second-order valence-corrected chi connectivity index (χ2v) is 5.06. The fourth-order valence-electron chi connectivity index (χ4n) is 1.54. The summed E-state index contributed by atoms with van der Waals surface area (Å²) in [5.74, 6) is 0. The molecule has 0 bridgehead atoms. The molecule has 2 aromatic rings. The summed E-state index contributed by atoms with van der Waals surface area (Å²) in [6, 6.07) is 0. The minimum atomic E-state index is -0.657. The normalized spacial score (nSPS) is 12.9. The van der Waals surface area contributed by atoms with E-state index < -0.39 is 6.10 Å². The van der Waals surface area contributed by atoms with Gasteiger partial charge in [-0.2, -0.15) is 0 Å². The minimum absolute atomic E-state index is 0.657. The van der Waals surface area contributed by atoms with Gasteiger partial charge >= 0.3 is 0 Å². The van der Waals surface area contributed by atoms with Crippen LogP contribution in [0.3, 0.4) is 0 Å². The van der Waals surface area contributed by atoms with Crippen LogP contribution in [0.15, 0.2) is 22.6 Å². The van der Waals surface area contributed by atoms with Crippen LogP contribution in [-0.4, -0.2) is 19.6 Å². The van der Waals surface area contributed by atoms with Gasteiger partial charge in [-0.05, 0) is 22.4 Å². The largest absolute Gasteiger partial charge is 0.381 e. The van der Waals surface area contributed by atoms with Gasteiger partial charge in [0.2, 0.25) is 0 Å². The van der Waals surface area contributed by atoms with Gasteiger partial charge in [0.05, 0.1) is 28.6 Å². The molecule has 0 aliphatic carbocycles. The highest BCUT2D eigenvalue weighted by molar-refractivity contribution is 9.10. The summed E-state index contributed by atoms with van der Waals surface area (Å²) < 4.78 is 2.67. The summed E-state index contributed by atoms with van der Waals surface area (Å²) in [5.41, 5.74) is 2.52. The lowest BCUT2D eigenvalue weighted by molar-refractivity contribution is 0.212. The van der Waals surface area contributed by atoms with E-state index in [1.54, 1.807) is 18.0 Å². The number of hydrogen-bond acceptors (Lipinski definition) is 4. The Morgan fingerprint density at radius 1 is 1.62 bits per heavy atom. The average molecular weight is 302 g/mol. The monoisotopic (exact) mass is 301 g/mol. The van der Waals surface area contributed by atoms with Gasteiger partial charge in [0, 0.05) is 6.54 Å². The lowest BCUT2D eigenvalue weighted by Crippen LogP contribution is -2.07. The molecule has 16 heavy (non-hydrogen) atoms. The molecule has 1 atom stereocenters. The molecule has 6 heteroatoms. The van der Waals surface area contributed by atoms with Crippen LogP contribution < -0.4 is 0 Å². The number of imidazole rings is 1. The van der Waals surface area contributed by atoms with Crippen molar-refractivity contribution in [3.8, 4) is 0 Å². The van der Waals surface area contributed by atoms with Gasteiger partial charge in [-0.3, -0.25) is 0 Å². The molecule has 2 heterocycles. The molecule has 4 nitrogen and oxygen atoms in total. The number of aromatic nitrogens is 3. The molecule has 0 radical (unpaired) electrons. The number of halogens is 1. The zero-order valence-corrected chi connectivity index (χ0v) is 11.2. The maximum Gasteiger partial charge on any atom is 0.132 e. The van der Waals surface area contributed by atoms with E-state index in [4.69, 9.17) is 0 Å². The third-order valence-corrected chi connectivity index (χ3v) is 4.06. The van der Waals surface area contributed by atoms with Crippen molar-refractivity contribution in [3.05, 3.63) is 33.2 Å². The van der Waals surface area contributed by atoms with Gasteiger partial charge in [-0.1, -0.05) is 6.92 Å². The maximum absolute atomic E-state index is 10.2. The molecule has 86 valence electrons. The first-order chi connectivity index (χ1) is 7.74. The summed E-state index contributed by atoms with van der Waals surface area (Å²) in [6.45, 7) is 2.96. The summed E-state index contributed by atoms with van der Waals surface area (Å²) in [4.78, 5) is 8.96. The van der Waals surface area contributed by atoms with Crippen molar-refractivity contribution in [2.75, 3.05) is 0 Å². The van der Waals surface area contributed by atoms with Crippen molar-refractivity contribution >= 4 is 27.3 Å². The number of thiazole rings is 1. The maximum atomic E-state index is 10.2. The molecular weight excluding hydrogens is 290 g/mol. The van der Waals surface area contributed by atoms with E-state index in [0.29, 0.717) is 4.60 Å². The lowest BCUT2D eigenvalue weighted by Gasteiger charge is -2.11. The fraction of sp³-hybridized carbons (Fsp3) is 0.400. The van der Waals surface area contributed by atoms with Gasteiger partial charge < -0.3 is 9.67 Å². The summed E-state index contributed by atoms with van der Waals surface area (Å²) in [5, 5.41) is 10.2. The SMILES string of the molecule is CCCn1cncc1C(O)c1scnc1Br. The second kappa shape index (κ2) is 5.07. The minimum Gasteiger partial charge on any atom is -0.381 e. The number of aliphatic hydroxyl groups is 1. The van der Waals surface area contributed by atoms with Crippen molar-refractivity contribution in [2.45, 2.75) is 26.0 Å². The zero-order chi connectivity index (χ0) is 11.5. The van der Waals surface area contributed by atoms with E-state index >= 15 is 0 Å². The molecule has 2 aromatic heterocycles. The van der Waals surface area contributed by atoms with Crippen LogP contribution in [-0.2, 0) is 6.54 Å². The number of rotatable bonds is 4. The smallest absolute Gasteiger partial charge is 0.132 e. The van der Waals surface area contributed by atoms with Gasteiger partial charge in [0.15, 0.2) is 0 Å². The molecule has 0 saturated carbocycles. The first-order valence-corrected chi connectivity index (χ1v) is 6.68. The Labute approximate surface area is 106 Å². The quantitative estimate of drug-likeness (QED) is 0.944. The number of aliphatic hydroxyl groups excluding tert-OH is 1. The molecule has 0 aliphatic rings. The van der Waals surface area contributed by atoms with Crippen molar-refractivity contribution in [1.29, 1.82) is 0 Å². The fourth-order valence-corrected chi connectivity index (χ4v) is 2.95. The van der Waals surface area contributed by atoms with E-state index in [1.807, 2.05) is 4.57 Å². The molecule has 0 aromatic carbocycles. The average Bonchev–Trinajstić information content (AvgIpc) is 2.87. The zero-order valence-electron chi connectivity index (χ0n) is 8.80. The van der Waals surface area contributed by atoms with E-state index in [9.17, 15) is 5.11 Å². The van der Waals surface area contributed by atoms with Gasteiger partial charge in [0.1, 0.15) is 10.7 Å². The first-order valence-electron chi connectivity index (χ1n) is 5.01. The topological polar surface area (TPSA) is 50.9 Å². The van der Waals surface area contributed by atoms with E-state index in [1.165, 1.54) is 11.3 Å². The molecule has 1 N–H and O–H groups in total. The van der Waals surface area contributed by atoms with Gasteiger partial charge in [0.25, 0.3) is 0 Å². The molecule has 1 unspecified atom stereocenters. The second-order valence-electron chi connectivity index (χ2n) is 3.42. The predicted molar refractivity (Wildman–Crippen MR) is 66.4 cm³/mol. The molecule has 0 saturated heterocycles. The Morgan fingerprint density at radius 3 is 3.06 bits per heavy atom. The van der Waals surface area contributed by atoms with E-state index in [-0.39, 0.29) is 0 Å². The van der Waals surface area contributed by atoms with Crippen molar-refractivity contribution in [1.82, 2.24) is 14.5 Å². The Balaban J connectivity index is 2.30. The Bertz CT molecular complexity index is 468. The Morgan fingerprint density at radius 2 is 2.44 bits per heavy atom. The van der Waals surface area contributed by atoms with Crippen molar-refractivity contribution in [3.63, 3.8) is 0 Å². The molecular formula is C10H12BrN3OS. The van der Waals surface area contributed by atoms with E-state index in [2.05, 4.69) is 32.8 Å². The van der Waals surface area contributed by atoms with E-state index in [0.717, 1.165) is 23.5 Å². The first kappa shape index (κ1) is 11.8. The third-order valence-electron chi connectivity index (χ3n) is 2.29. The number of aryl methyl sites for hydroxylation is 1. The number of nitrogens with zero attached hydrogens (tertiary/aromatic N) is 3. The Kier molecular flexibility index (Phi) is 3.73. The lowest BCUT2D eigenvalue weighted by atomic mass is 10.2. The summed E-state index contributed by atoms with van der Waals surface area (Å²) in [7, 11) is 0. The van der Waals surface area contributed by atoms with Crippen LogP contribution in [0.1, 0.15) is 30.0 Å². The highest BCUT2D eigenvalue weighted by atomic mass is 79.9. The van der Waals surface area contributed by atoms with Crippen LogP contribution >= 0.6 is 27.3 Å². The molecule has 0 aliphatic heterocycles. The molecule has 2 rings (SSSR count). The Hall–Kier alpha value is -0.720. The van der Waals surface area contributed by atoms with Gasteiger partial charge in [-0.15, -0.1) is 11.3 Å². The van der Waals surface area contributed by atoms with Crippen LogP contribution in [0.2, 0.25) is 0 Å². The molecule has 0 fully saturated rings. The van der Waals surface area contributed by atoms with Crippen LogP contribution in [0.5, 0.6) is 0 Å². The summed E-state index contributed by atoms with van der Waals surface area (Å²) in [6.07, 6.45) is 3.81. The predicted octanol–water partition coefficient (Wildman–Crippen LogP) is 2.59. The van der Waals surface area contributed by atoms with Gasteiger partial charge in [-0.25, -0.2) is 9.97 Å². The van der Waals surface area contributed by atoms with Crippen molar-refractivity contribution < 1.29 is 5.11 Å².